The number of hydrogen-bond donors (Lipinski definition) is 1. The molecule has 0 aromatic carbocycles. The fraction of sp³-hybridized carbons (Fsp3) is 0.733. The van der Waals surface area contributed by atoms with E-state index in [1.54, 1.807) is 0 Å². The summed E-state index contributed by atoms with van der Waals surface area (Å²) in [4.78, 5) is 20.4. The van der Waals surface area contributed by atoms with E-state index in [1.165, 1.54) is 11.3 Å². The van der Waals surface area contributed by atoms with Crippen molar-refractivity contribution in [2.45, 2.75) is 19.5 Å². The lowest BCUT2D eigenvalue weighted by Crippen LogP contribution is -2.48. The molecule has 0 aliphatic carbocycles. The first-order valence-electron chi connectivity index (χ1n) is 8.13. The summed E-state index contributed by atoms with van der Waals surface area (Å²) >= 11 is 1.40. The van der Waals surface area contributed by atoms with Gasteiger partial charge in [0, 0.05) is 44.7 Å². The Bertz CT molecular complexity index is 545. The van der Waals surface area contributed by atoms with E-state index in [0.29, 0.717) is 24.6 Å². The fourth-order valence-corrected chi connectivity index (χ4v) is 3.23. The molecule has 10 heteroatoms. The van der Waals surface area contributed by atoms with Crippen molar-refractivity contribution in [2.24, 2.45) is 0 Å². The highest BCUT2D eigenvalue weighted by molar-refractivity contribution is 7.13. The van der Waals surface area contributed by atoms with Crippen molar-refractivity contribution in [3.05, 3.63) is 11.1 Å². The normalized spacial score (nSPS) is 17.0. The summed E-state index contributed by atoms with van der Waals surface area (Å²) in [6.45, 7) is 4.92. The van der Waals surface area contributed by atoms with Gasteiger partial charge in [-0.15, -0.1) is 11.3 Å². The number of hydrogen-bond acceptors (Lipinski definition) is 6. The van der Waals surface area contributed by atoms with Gasteiger partial charge in [0.15, 0.2) is 5.13 Å². The van der Waals surface area contributed by atoms with E-state index in [2.05, 4.69) is 24.8 Å². The number of aromatic nitrogens is 1. The molecular formula is C15H23F3N4O2S. The van der Waals surface area contributed by atoms with Gasteiger partial charge in [-0.1, -0.05) is 0 Å². The quantitative estimate of drug-likeness (QED) is 0.699. The molecule has 0 radical (unpaired) electrons. The predicted molar refractivity (Wildman–Crippen MR) is 89.9 cm³/mol. The third kappa shape index (κ3) is 8.13. The van der Waals surface area contributed by atoms with Gasteiger partial charge in [-0.25, -0.2) is 4.98 Å². The fourth-order valence-electron chi connectivity index (χ4n) is 2.52. The van der Waals surface area contributed by atoms with Crippen LogP contribution in [-0.4, -0.2) is 79.3 Å². The number of anilines is 1. The van der Waals surface area contributed by atoms with Crippen LogP contribution in [0.3, 0.4) is 0 Å². The van der Waals surface area contributed by atoms with E-state index < -0.39 is 12.8 Å². The second kappa shape index (κ2) is 9.46. The molecule has 2 rings (SSSR count). The van der Waals surface area contributed by atoms with Crippen molar-refractivity contribution in [2.75, 3.05) is 57.8 Å². The lowest BCUT2D eigenvalue weighted by Gasteiger charge is -2.34. The smallest absolute Gasteiger partial charge is 0.372 e. The number of carbonyl (C=O) groups excluding carboxylic acids is 1. The largest absolute Gasteiger partial charge is 0.411 e. The molecule has 0 bridgehead atoms. The number of thiazole rings is 1. The van der Waals surface area contributed by atoms with E-state index in [9.17, 15) is 18.0 Å². The SMILES string of the molecule is Cc1csc(NC(=O)CN2CCN(CCCOCC(F)(F)F)CC2)n1. The minimum Gasteiger partial charge on any atom is -0.372 e. The van der Waals surface area contributed by atoms with Crippen LogP contribution < -0.4 is 5.32 Å². The second-order valence-corrected chi connectivity index (χ2v) is 6.84. The van der Waals surface area contributed by atoms with Crippen molar-refractivity contribution in [3.8, 4) is 0 Å². The number of piperazine rings is 1. The summed E-state index contributed by atoms with van der Waals surface area (Å²) in [6, 6.07) is 0. The number of amides is 1. The van der Waals surface area contributed by atoms with Crippen molar-refractivity contribution < 1.29 is 22.7 Å². The number of carbonyl (C=O) groups is 1. The number of ether oxygens (including phenoxy) is 1. The summed E-state index contributed by atoms with van der Waals surface area (Å²) in [7, 11) is 0. The minimum atomic E-state index is -4.26. The standard InChI is InChI=1S/C15H23F3N4O2S/c1-12-10-25-14(19-12)20-13(23)9-22-6-4-21(5-7-22)3-2-8-24-11-15(16,17)18/h10H,2-9,11H2,1H3,(H,19,20,23). The van der Waals surface area contributed by atoms with Gasteiger partial charge in [0.25, 0.3) is 0 Å². The van der Waals surface area contributed by atoms with Crippen molar-refractivity contribution >= 4 is 22.4 Å². The van der Waals surface area contributed by atoms with Crippen LogP contribution in [0.15, 0.2) is 5.38 Å². The van der Waals surface area contributed by atoms with Gasteiger partial charge in [0.05, 0.1) is 12.2 Å². The average molecular weight is 380 g/mol. The maximum Gasteiger partial charge on any atom is 0.411 e. The third-order valence-electron chi connectivity index (χ3n) is 3.73. The number of alkyl halides is 3. The van der Waals surface area contributed by atoms with Gasteiger partial charge in [-0.2, -0.15) is 13.2 Å². The average Bonchev–Trinajstić information content (AvgIpc) is 2.92. The molecule has 1 aromatic rings. The van der Waals surface area contributed by atoms with Crippen molar-refractivity contribution in [1.82, 2.24) is 14.8 Å². The molecule has 0 saturated carbocycles. The number of aryl methyl sites for hydroxylation is 1. The molecule has 0 spiro atoms. The monoisotopic (exact) mass is 380 g/mol. The number of halogens is 3. The van der Waals surface area contributed by atoms with E-state index >= 15 is 0 Å². The molecule has 1 aliphatic rings. The Balaban J connectivity index is 1.56. The molecule has 142 valence electrons. The minimum absolute atomic E-state index is 0.0802. The lowest BCUT2D eigenvalue weighted by molar-refractivity contribution is -0.174. The van der Waals surface area contributed by atoms with E-state index in [-0.39, 0.29) is 12.5 Å². The molecule has 6 nitrogen and oxygen atoms in total. The number of rotatable bonds is 8. The summed E-state index contributed by atoms with van der Waals surface area (Å²) in [6.07, 6.45) is -3.69. The van der Waals surface area contributed by atoms with E-state index in [1.807, 2.05) is 12.3 Å². The Kier molecular flexibility index (Phi) is 7.60. The molecule has 1 aliphatic heterocycles. The van der Waals surface area contributed by atoms with Crippen molar-refractivity contribution in [1.29, 1.82) is 0 Å². The summed E-state index contributed by atoms with van der Waals surface area (Å²) < 4.78 is 40.4. The topological polar surface area (TPSA) is 57.7 Å². The first-order chi connectivity index (χ1) is 11.8. The van der Waals surface area contributed by atoms with Crippen molar-refractivity contribution in [3.63, 3.8) is 0 Å². The lowest BCUT2D eigenvalue weighted by atomic mass is 10.3. The van der Waals surface area contributed by atoms with Crippen LogP contribution in [-0.2, 0) is 9.53 Å². The molecule has 0 unspecified atom stereocenters. The third-order valence-corrected chi connectivity index (χ3v) is 4.60. The van der Waals surface area contributed by atoms with Gasteiger partial charge in [-0.05, 0) is 13.3 Å². The number of nitrogens with zero attached hydrogens (tertiary/aromatic N) is 3. The van der Waals surface area contributed by atoms with E-state index in [0.717, 1.165) is 31.9 Å². The van der Waals surface area contributed by atoms with Gasteiger partial charge in [0.2, 0.25) is 5.91 Å². The Morgan fingerprint density at radius 1 is 1.32 bits per heavy atom. The highest BCUT2D eigenvalue weighted by Crippen LogP contribution is 2.15. The van der Waals surface area contributed by atoms with E-state index in [4.69, 9.17) is 0 Å². The molecule has 1 amide bonds. The molecule has 0 atom stereocenters. The first-order valence-corrected chi connectivity index (χ1v) is 9.01. The van der Waals surface area contributed by atoms with Crippen LogP contribution in [0.25, 0.3) is 0 Å². The molecule has 1 aromatic heterocycles. The zero-order valence-corrected chi connectivity index (χ0v) is 15.0. The van der Waals surface area contributed by atoms with Gasteiger partial charge in [0.1, 0.15) is 6.61 Å². The summed E-state index contributed by atoms with van der Waals surface area (Å²) in [5.74, 6) is -0.0802. The van der Waals surface area contributed by atoms with Crippen LogP contribution in [0.4, 0.5) is 18.3 Å². The molecule has 1 fully saturated rings. The van der Waals surface area contributed by atoms with Crippen LogP contribution >= 0.6 is 11.3 Å². The molecule has 25 heavy (non-hydrogen) atoms. The molecule has 1 N–H and O–H groups in total. The first kappa shape index (κ1) is 20.1. The summed E-state index contributed by atoms with van der Waals surface area (Å²) in [5.41, 5.74) is 0.883. The maximum absolute atomic E-state index is 12.0. The zero-order chi connectivity index (χ0) is 18.3. The van der Waals surface area contributed by atoms with Crippen LogP contribution in [0.2, 0.25) is 0 Å². The van der Waals surface area contributed by atoms with Crippen LogP contribution in [0, 0.1) is 6.92 Å². The second-order valence-electron chi connectivity index (χ2n) is 5.98. The van der Waals surface area contributed by atoms with Crippen LogP contribution in [0.5, 0.6) is 0 Å². The van der Waals surface area contributed by atoms with Gasteiger partial charge >= 0.3 is 6.18 Å². The summed E-state index contributed by atoms with van der Waals surface area (Å²) in [5, 5.41) is 5.28. The van der Waals surface area contributed by atoms with Gasteiger partial charge < -0.3 is 15.0 Å². The maximum atomic E-state index is 12.0. The Hall–Kier alpha value is -1.23. The Labute approximate surface area is 149 Å². The Morgan fingerprint density at radius 2 is 2.00 bits per heavy atom. The highest BCUT2D eigenvalue weighted by Gasteiger charge is 2.27. The van der Waals surface area contributed by atoms with Gasteiger partial charge in [-0.3, -0.25) is 9.69 Å². The predicted octanol–water partition coefficient (Wildman–Crippen LogP) is 1.98. The number of nitrogens with one attached hydrogen (secondary N) is 1. The molecule has 1 saturated heterocycles. The molecular weight excluding hydrogens is 357 g/mol. The Morgan fingerprint density at radius 3 is 2.60 bits per heavy atom. The highest BCUT2D eigenvalue weighted by atomic mass is 32.1. The molecule has 2 heterocycles. The van der Waals surface area contributed by atoms with Crippen LogP contribution in [0.1, 0.15) is 12.1 Å². The zero-order valence-electron chi connectivity index (χ0n) is 14.1.